The highest BCUT2D eigenvalue weighted by Crippen LogP contribution is 2.14. The van der Waals surface area contributed by atoms with Gasteiger partial charge in [-0.25, -0.2) is 4.68 Å². The number of ether oxygens (including phenoxy) is 1. The highest BCUT2D eigenvalue weighted by atomic mass is 16.5. The summed E-state index contributed by atoms with van der Waals surface area (Å²) in [4.78, 5) is 14.1. The van der Waals surface area contributed by atoms with Crippen LogP contribution in [0.25, 0.3) is 0 Å². The number of hydrogen-bond donors (Lipinski definition) is 1. The van der Waals surface area contributed by atoms with E-state index in [0.29, 0.717) is 30.2 Å². The second-order valence-corrected chi connectivity index (χ2v) is 5.29. The van der Waals surface area contributed by atoms with Crippen LogP contribution >= 0.6 is 0 Å². The van der Waals surface area contributed by atoms with E-state index >= 15 is 0 Å². The maximum atomic E-state index is 12.1. The van der Waals surface area contributed by atoms with Gasteiger partial charge < -0.3 is 15.0 Å². The first-order chi connectivity index (χ1) is 11.1. The molecule has 1 N–H and O–H groups in total. The van der Waals surface area contributed by atoms with Gasteiger partial charge in [0.2, 0.25) is 0 Å². The number of carbonyl (C=O) groups excluding carboxylic acids is 1. The Labute approximate surface area is 135 Å². The van der Waals surface area contributed by atoms with Crippen molar-refractivity contribution >= 4 is 5.91 Å². The smallest absolute Gasteiger partial charge is 0.251 e. The molecule has 2 rings (SSSR count). The molecular formula is C15H22N6O2. The molecule has 0 saturated carbocycles. The topological polar surface area (TPSA) is 85.2 Å². The molecule has 0 radical (unpaired) electrons. The first kappa shape index (κ1) is 16.9. The molecule has 1 aromatic heterocycles. The largest absolute Gasteiger partial charge is 0.486 e. The Hall–Kier alpha value is -2.48. The van der Waals surface area contributed by atoms with Crippen LogP contribution in [0.15, 0.2) is 24.3 Å². The standard InChI is InChI=1S/C15H22N6O2/c1-4-21-14(17-18-19-21)11-23-13-7-5-6-12(10-13)15(22)16-8-9-20(2)3/h5-7,10H,4,8-9,11H2,1-3H3,(H,16,22). The normalized spacial score (nSPS) is 10.8. The summed E-state index contributed by atoms with van der Waals surface area (Å²) in [5.74, 6) is 1.14. The van der Waals surface area contributed by atoms with Crippen molar-refractivity contribution in [3.05, 3.63) is 35.7 Å². The molecule has 0 bridgehead atoms. The molecule has 0 spiro atoms. The Morgan fingerprint density at radius 2 is 2.22 bits per heavy atom. The summed E-state index contributed by atoms with van der Waals surface area (Å²) in [6, 6.07) is 7.06. The maximum Gasteiger partial charge on any atom is 0.251 e. The Bertz CT molecular complexity index is 640. The van der Waals surface area contributed by atoms with E-state index in [1.165, 1.54) is 0 Å². The lowest BCUT2D eigenvalue weighted by molar-refractivity contribution is 0.0950. The van der Waals surface area contributed by atoms with Crippen LogP contribution in [0.2, 0.25) is 0 Å². The highest BCUT2D eigenvalue weighted by Gasteiger charge is 2.08. The van der Waals surface area contributed by atoms with Crippen molar-refractivity contribution in [2.75, 3.05) is 27.2 Å². The van der Waals surface area contributed by atoms with Gasteiger partial charge in [0, 0.05) is 25.2 Å². The first-order valence-corrected chi connectivity index (χ1v) is 7.51. The third kappa shape index (κ3) is 5.03. The highest BCUT2D eigenvalue weighted by molar-refractivity contribution is 5.94. The first-order valence-electron chi connectivity index (χ1n) is 7.51. The minimum Gasteiger partial charge on any atom is -0.486 e. The number of hydrogen-bond acceptors (Lipinski definition) is 6. The number of nitrogens with one attached hydrogen (secondary N) is 1. The number of aryl methyl sites for hydroxylation is 1. The molecule has 0 atom stereocenters. The van der Waals surface area contributed by atoms with Gasteiger partial charge in [0.25, 0.3) is 5.91 Å². The van der Waals surface area contributed by atoms with Crippen molar-refractivity contribution in [2.24, 2.45) is 0 Å². The second kappa shape index (κ2) is 8.23. The van der Waals surface area contributed by atoms with Crippen LogP contribution in [0.4, 0.5) is 0 Å². The summed E-state index contributed by atoms with van der Waals surface area (Å²) in [5, 5.41) is 14.2. The van der Waals surface area contributed by atoms with E-state index in [2.05, 4.69) is 20.8 Å². The molecule has 1 heterocycles. The lowest BCUT2D eigenvalue weighted by Crippen LogP contribution is -2.31. The molecule has 0 unspecified atom stereocenters. The van der Waals surface area contributed by atoms with Crippen LogP contribution in [0.3, 0.4) is 0 Å². The third-order valence-electron chi connectivity index (χ3n) is 3.21. The minimum atomic E-state index is -0.115. The molecule has 124 valence electrons. The SMILES string of the molecule is CCn1nnnc1COc1cccc(C(=O)NCCN(C)C)c1. The van der Waals surface area contributed by atoms with Crippen LogP contribution in [-0.2, 0) is 13.2 Å². The van der Waals surface area contributed by atoms with Crippen molar-refractivity contribution in [1.82, 2.24) is 30.4 Å². The Morgan fingerprint density at radius 3 is 2.96 bits per heavy atom. The van der Waals surface area contributed by atoms with Crippen LogP contribution < -0.4 is 10.1 Å². The summed E-state index contributed by atoms with van der Waals surface area (Å²) < 4.78 is 7.34. The van der Waals surface area contributed by atoms with E-state index in [0.717, 1.165) is 6.54 Å². The van der Waals surface area contributed by atoms with E-state index in [-0.39, 0.29) is 12.5 Å². The van der Waals surface area contributed by atoms with Gasteiger partial charge in [-0.2, -0.15) is 0 Å². The average Bonchev–Trinajstić information content (AvgIpc) is 3.00. The van der Waals surface area contributed by atoms with E-state index in [1.54, 1.807) is 28.9 Å². The van der Waals surface area contributed by atoms with Crippen LogP contribution in [0.5, 0.6) is 5.75 Å². The minimum absolute atomic E-state index is 0.115. The van der Waals surface area contributed by atoms with Crippen molar-refractivity contribution in [2.45, 2.75) is 20.1 Å². The predicted molar refractivity (Wildman–Crippen MR) is 85.2 cm³/mol. The van der Waals surface area contributed by atoms with Crippen molar-refractivity contribution < 1.29 is 9.53 Å². The number of benzene rings is 1. The zero-order valence-electron chi connectivity index (χ0n) is 13.7. The Morgan fingerprint density at radius 1 is 1.39 bits per heavy atom. The van der Waals surface area contributed by atoms with E-state index in [4.69, 9.17) is 4.74 Å². The molecule has 0 aliphatic carbocycles. The molecule has 2 aromatic rings. The lowest BCUT2D eigenvalue weighted by Gasteiger charge is -2.11. The molecule has 8 nitrogen and oxygen atoms in total. The van der Waals surface area contributed by atoms with Gasteiger partial charge in [0.1, 0.15) is 12.4 Å². The molecule has 1 amide bonds. The lowest BCUT2D eigenvalue weighted by atomic mass is 10.2. The number of aromatic nitrogens is 4. The van der Waals surface area contributed by atoms with Crippen molar-refractivity contribution in [3.8, 4) is 5.75 Å². The fourth-order valence-electron chi connectivity index (χ4n) is 1.94. The van der Waals surface area contributed by atoms with Gasteiger partial charge in [-0.05, 0) is 49.6 Å². The third-order valence-corrected chi connectivity index (χ3v) is 3.21. The number of likely N-dealkylation sites (N-methyl/N-ethyl adjacent to an activating group) is 1. The molecule has 0 aliphatic heterocycles. The van der Waals surface area contributed by atoms with E-state index < -0.39 is 0 Å². The zero-order chi connectivity index (χ0) is 16.7. The fraction of sp³-hybridized carbons (Fsp3) is 0.467. The van der Waals surface area contributed by atoms with Gasteiger partial charge in [-0.1, -0.05) is 6.07 Å². The van der Waals surface area contributed by atoms with Gasteiger partial charge in [0.05, 0.1) is 0 Å². The van der Waals surface area contributed by atoms with E-state index in [9.17, 15) is 4.79 Å². The van der Waals surface area contributed by atoms with Crippen molar-refractivity contribution in [3.63, 3.8) is 0 Å². The monoisotopic (exact) mass is 318 g/mol. The number of amides is 1. The van der Waals surface area contributed by atoms with E-state index in [1.807, 2.05) is 25.9 Å². The molecular weight excluding hydrogens is 296 g/mol. The second-order valence-electron chi connectivity index (χ2n) is 5.29. The zero-order valence-corrected chi connectivity index (χ0v) is 13.7. The Balaban J connectivity index is 1.92. The number of nitrogens with zero attached hydrogens (tertiary/aromatic N) is 5. The predicted octanol–water partition coefficient (Wildman–Crippen LogP) is 0.563. The molecule has 23 heavy (non-hydrogen) atoms. The van der Waals surface area contributed by atoms with Crippen LogP contribution in [0.1, 0.15) is 23.1 Å². The van der Waals surface area contributed by atoms with Crippen LogP contribution in [0, 0.1) is 0 Å². The summed E-state index contributed by atoms with van der Waals surface area (Å²) in [5.41, 5.74) is 0.566. The number of rotatable bonds is 8. The van der Waals surface area contributed by atoms with Gasteiger partial charge >= 0.3 is 0 Å². The number of tetrazole rings is 1. The molecule has 8 heteroatoms. The van der Waals surface area contributed by atoms with Crippen LogP contribution in [-0.4, -0.2) is 58.2 Å². The van der Waals surface area contributed by atoms with Gasteiger partial charge in [-0.15, -0.1) is 5.10 Å². The molecule has 1 aromatic carbocycles. The average molecular weight is 318 g/mol. The fourth-order valence-corrected chi connectivity index (χ4v) is 1.94. The number of carbonyl (C=O) groups is 1. The summed E-state index contributed by atoms with van der Waals surface area (Å²) in [6.07, 6.45) is 0. The van der Waals surface area contributed by atoms with Gasteiger partial charge in [0.15, 0.2) is 5.82 Å². The Kier molecular flexibility index (Phi) is 6.04. The van der Waals surface area contributed by atoms with Gasteiger partial charge in [-0.3, -0.25) is 4.79 Å². The van der Waals surface area contributed by atoms with Crippen molar-refractivity contribution in [1.29, 1.82) is 0 Å². The molecule has 0 aliphatic rings. The summed E-state index contributed by atoms with van der Waals surface area (Å²) in [6.45, 7) is 4.29. The summed E-state index contributed by atoms with van der Waals surface area (Å²) in [7, 11) is 3.93. The quantitative estimate of drug-likeness (QED) is 0.766. The molecule has 0 fully saturated rings. The molecule has 0 saturated heterocycles. The summed E-state index contributed by atoms with van der Waals surface area (Å²) >= 11 is 0. The maximum absolute atomic E-state index is 12.1.